The number of nitrogens with one attached hydrogen (secondary N) is 1. The van der Waals surface area contributed by atoms with Crippen LogP contribution >= 0.6 is 0 Å². The Morgan fingerprint density at radius 3 is 2.68 bits per heavy atom. The molecule has 1 aromatic heterocycles. The molecule has 34 heavy (non-hydrogen) atoms. The summed E-state index contributed by atoms with van der Waals surface area (Å²) in [7, 11) is 0. The van der Waals surface area contributed by atoms with Gasteiger partial charge >= 0.3 is 5.97 Å². The van der Waals surface area contributed by atoms with Crippen molar-refractivity contribution in [2.75, 3.05) is 24.6 Å². The fourth-order valence-electron chi connectivity index (χ4n) is 7.22. The average molecular weight is 472 g/mol. The molecular formula is C26H37N3O5. The quantitative estimate of drug-likeness (QED) is 0.534. The summed E-state index contributed by atoms with van der Waals surface area (Å²) in [6, 6.07) is 3.76. The molecule has 0 unspecified atom stereocenters. The van der Waals surface area contributed by atoms with E-state index in [1.54, 1.807) is 6.07 Å². The number of nitrogens with zero attached hydrogens (tertiary/aromatic N) is 2. The Morgan fingerprint density at radius 2 is 2.00 bits per heavy atom. The van der Waals surface area contributed by atoms with Gasteiger partial charge in [-0.3, -0.25) is 9.59 Å². The number of anilines is 1. The Hall–Kier alpha value is -2.35. The SMILES string of the molecule is CCCOc1nc(N2CCC[C@@H](CC(=O)O)C2)ccc1C(=O)NC1[C@@H]2CC3C[C@@H]1CC(O)(C3)C2. The molecule has 3 atom stereocenters. The van der Waals surface area contributed by atoms with Gasteiger partial charge in [-0.1, -0.05) is 6.92 Å². The van der Waals surface area contributed by atoms with E-state index in [-0.39, 0.29) is 24.3 Å². The number of aliphatic carboxylic acids is 1. The summed E-state index contributed by atoms with van der Waals surface area (Å²) in [6.45, 7) is 3.96. The third kappa shape index (κ3) is 4.74. The van der Waals surface area contributed by atoms with Crippen LogP contribution in [-0.4, -0.2) is 58.4 Å². The fraction of sp³-hybridized carbons (Fsp3) is 0.731. The Bertz CT molecular complexity index is 921. The lowest BCUT2D eigenvalue weighted by Crippen LogP contribution is -2.61. The van der Waals surface area contributed by atoms with Gasteiger partial charge in [-0.25, -0.2) is 0 Å². The molecule has 8 heteroatoms. The van der Waals surface area contributed by atoms with Gasteiger partial charge in [-0.2, -0.15) is 4.98 Å². The van der Waals surface area contributed by atoms with Crippen molar-refractivity contribution in [3.63, 3.8) is 0 Å². The normalized spacial score (nSPS) is 34.2. The van der Waals surface area contributed by atoms with Crippen LogP contribution in [0.4, 0.5) is 5.82 Å². The van der Waals surface area contributed by atoms with E-state index < -0.39 is 11.6 Å². The smallest absolute Gasteiger partial charge is 0.303 e. The van der Waals surface area contributed by atoms with E-state index in [4.69, 9.17) is 9.72 Å². The highest BCUT2D eigenvalue weighted by Gasteiger charge is 2.55. The third-order valence-corrected chi connectivity index (χ3v) is 8.38. The van der Waals surface area contributed by atoms with Crippen molar-refractivity contribution in [3.8, 4) is 5.88 Å². The molecule has 4 saturated carbocycles. The summed E-state index contributed by atoms with van der Waals surface area (Å²) in [5, 5.41) is 23.3. The number of hydrogen-bond acceptors (Lipinski definition) is 6. The predicted molar refractivity (Wildman–Crippen MR) is 127 cm³/mol. The van der Waals surface area contributed by atoms with Gasteiger partial charge in [0.05, 0.1) is 12.2 Å². The molecule has 5 aliphatic rings. The number of rotatable bonds is 8. The molecule has 6 rings (SSSR count). The summed E-state index contributed by atoms with van der Waals surface area (Å²) < 4.78 is 5.92. The van der Waals surface area contributed by atoms with E-state index in [1.807, 2.05) is 13.0 Å². The van der Waals surface area contributed by atoms with Crippen LogP contribution in [0.15, 0.2) is 12.1 Å². The van der Waals surface area contributed by atoms with Crippen LogP contribution in [0.1, 0.15) is 75.1 Å². The molecule has 5 fully saturated rings. The summed E-state index contributed by atoms with van der Waals surface area (Å²) in [5.74, 6) is 1.53. The first-order valence-electron chi connectivity index (χ1n) is 13.0. The summed E-state index contributed by atoms with van der Waals surface area (Å²) in [6.07, 6.45) is 7.47. The highest BCUT2D eigenvalue weighted by atomic mass is 16.5. The van der Waals surface area contributed by atoms with Gasteiger partial charge in [0, 0.05) is 25.6 Å². The zero-order chi connectivity index (χ0) is 23.9. The second-order valence-corrected chi connectivity index (χ2v) is 11.1. The van der Waals surface area contributed by atoms with Gasteiger partial charge < -0.3 is 25.2 Å². The monoisotopic (exact) mass is 471 g/mol. The number of carbonyl (C=O) groups excluding carboxylic acids is 1. The van der Waals surface area contributed by atoms with Crippen LogP contribution in [0.25, 0.3) is 0 Å². The van der Waals surface area contributed by atoms with Crippen molar-refractivity contribution in [3.05, 3.63) is 17.7 Å². The van der Waals surface area contributed by atoms with Gasteiger partial charge in [0.1, 0.15) is 11.4 Å². The number of carboxylic acids is 1. The van der Waals surface area contributed by atoms with Crippen molar-refractivity contribution in [1.82, 2.24) is 10.3 Å². The van der Waals surface area contributed by atoms with Crippen LogP contribution in [0, 0.1) is 23.7 Å². The highest BCUT2D eigenvalue weighted by molar-refractivity contribution is 5.97. The number of amides is 1. The third-order valence-electron chi connectivity index (χ3n) is 8.38. The van der Waals surface area contributed by atoms with E-state index in [0.717, 1.165) is 63.7 Å². The molecule has 4 aliphatic carbocycles. The molecule has 8 nitrogen and oxygen atoms in total. The number of piperidine rings is 1. The van der Waals surface area contributed by atoms with Crippen LogP contribution in [-0.2, 0) is 4.79 Å². The lowest BCUT2D eigenvalue weighted by Gasteiger charge is -2.58. The first-order valence-corrected chi connectivity index (χ1v) is 13.0. The maximum atomic E-state index is 13.4. The van der Waals surface area contributed by atoms with Crippen LogP contribution in [0.3, 0.4) is 0 Å². The van der Waals surface area contributed by atoms with Gasteiger partial charge in [-0.15, -0.1) is 0 Å². The lowest BCUT2D eigenvalue weighted by atomic mass is 9.52. The number of aliphatic hydroxyl groups is 1. The maximum absolute atomic E-state index is 13.4. The van der Waals surface area contributed by atoms with E-state index in [0.29, 0.717) is 42.3 Å². The molecule has 1 saturated heterocycles. The Balaban J connectivity index is 1.32. The molecule has 2 heterocycles. The van der Waals surface area contributed by atoms with Crippen LogP contribution in [0.2, 0.25) is 0 Å². The molecule has 1 aliphatic heterocycles. The van der Waals surface area contributed by atoms with Gasteiger partial charge in [0.25, 0.3) is 5.91 Å². The summed E-state index contributed by atoms with van der Waals surface area (Å²) in [4.78, 5) is 31.4. The zero-order valence-electron chi connectivity index (χ0n) is 20.0. The molecule has 0 radical (unpaired) electrons. The number of ether oxygens (including phenoxy) is 1. The summed E-state index contributed by atoms with van der Waals surface area (Å²) in [5.41, 5.74) is -0.0766. The Labute approximate surface area is 201 Å². The Morgan fingerprint density at radius 1 is 1.24 bits per heavy atom. The molecule has 3 N–H and O–H groups in total. The van der Waals surface area contributed by atoms with E-state index in [9.17, 15) is 19.8 Å². The second-order valence-electron chi connectivity index (χ2n) is 11.1. The number of aromatic nitrogens is 1. The van der Waals surface area contributed by atoms with E-state index >= 15 is 0 Å². The van der Waals surface area contributed by atoms with E-state index in [2.05, 4.69) is 10.2 Å². The van der Waals surface area contributed by atoms with Crippen molar-refractivity contribution in [2.45, 2.75) is 76.4 Å². The van der Waals surface area contributed by atoms with Crippen molar-refractivity contribution < 1.29 is 24.5 Å². The summed E-state index contributed by atoms with van der Waals surface area (Å²) >= 11 is 0. The van der Waals surface area contributed by atoms with Gasteiger partial charge in [-0.05, 0) is 87.2 Å². The minimum absolute atomic E-state index is 0.0990. The lowest BCUT2D eigenvalue weighted by molar-refractivity contribution is -0.138. The van der Waals surface area contributed by atoms with Crippen LogP contribution < -0.4 is 15.0 Å². The Kier molecular flexibility index (Phi) is 6.44. The zero-order valence-corrected chi connectivity index (χ0v) is 20.0. The number of carbonyl (C=O) groups is 2. The first kappa shape index (κ1) is 23.4. The average Bonchev–Trinajstić information content (AvgIpc) is 2.78. The molecule has 1 aromatic rings. The van der Waals surface area contributed by atoms with Crippen molar-refractivity contribution in [1.29, 1.82) is 0 Å². The maximum Gasteiger partial charge on any atom is 0.303 e. The highest BCUT2D eigenvalue weighted by Crippen LogP contribution is 2.55. The standard InChI is InChI=1S/C26H37N3O5/c1-2-8-34-25-20(5-6-21(27-25)29-7-3-4-16(15-29)11-22(30)31)24(32)28-23-18-9-17-10-19(23)14-26(33,12-17)13-18/h5-6,16-19,23,33H,2-4,7-15H2,1H3,(H,28,32)(H,30,31)/t16-,17?,18+,19+,23?,26?/m0/s1. The minimum Gasteiger partial charge on any atom is -0.481 e. The molecule has 0 spiro atoms. The molecular weight excluding hydrogens is 434 g/mol. The van der Waals surface area contributed by atoms with Gasteiger partial charge in [0.15, 0.2) is 0 Å². The second kappa shape index (κ2) is 9.36. The molecule has 186 valence electrons. The van der Waals surface area contributed by atoms with Crippen LogP contribution in [0.5, 0.6) is 5.88 Å². The molecule has 4 bridgehead atoms. The minimum atomic E-state index is -0.768. The number of carboxylic acid groups (broad SMARTS) is 1. The topological polar surface area (TPSA) is 112 Å². The number of pyridine rings is 1. The number of hydrogen-bond donors (Lipinski definition) is 3. The van der Waals surface area contributed by atoms with Crippen molar-refractivity contribution >= 4 is 17.7 Å². The largest absolute Gasteiger partial charge is 0.481 e. The predicted octanol–water partition coefficient (Wildman–Crippen LogP) is 3.23. The fourth-order valence-corrected chi connectivity index (χ4v) is 7.22. The van der Waals surface area contributed by atoms with Gasteiger partial charge in [0.2, 0.25) is 5.88 Å². The first-order chi connectivity index (χ1) is 16.3. The van der Waals surface area contributed by atoms with Crippen molar-refractivity contribution in [2.24, 2.45) is 23.7 Å². The molecule has 0 aromatic carbocycles. The van der Waals surface area contributed by atoms with E-state index in [1.165, 1.54) is 0 Å². The molecule has 1 amide bonds.